The summed E-state index contributed by atoms with van der Waals surface area (Å²) in [7, 11) is 0. The van der Waals surface area contributed by atoms with Crippen LogP contribution in [-0.4, -0.2) is 5.78 Å². The van der Waals surface area contributed by atoms with E-state index in [0.717, 1.165) is 36.5 Å². The number of fused-ring (bicyclic) bond motifs is 5. The van der Waals surface area contributed by atoms with E-state index in [1.54, 1.807) is 0 Å². The molecular weight excluding hydrogens is 232 g/mol. The van der Waals surface area contributed by atoms with Gasteiger partial charge in [-0.25, -0.2) is 0 Å². The summed E-state index contributed by atoms with van der Waals surface area (Å²) in [5, 5.41) is 0. The van der Waals surface area contributed by atoms with E-state index in [2.05, 4.69) is 31.2 Å². The zero-order chi connectivity index (χ0) is 13.0. The van der Waals surface area contributed by atoms with Crippen LogP contribution in [0.2, 0.25) is 0 Å². The van der Waals surface area contributed by atoms with Crippen molar-refractivity contribution in [3.63, 3.8) is 0 Å². The molecule has 3 fully saturated rings. The number of carbonyl (C=O) groups is 1. The summed E-state index contributed by atoms with van der Waals surface area (Å²) in [5.74, 6) is 4.49. The monoisotopic (exact) mass is 256 g/mol. The molecule has 3 saturated carbocycles. The number of carbonyl (C=O) groups excluding carboxylic acids is 1. The number of ketones is 1. The molecule has 0 aromatic heterocycles. The van der Waals surface area contributed by atoms with Gasteiger partial charge in [0.1, 0.15) is 5.78 Å². The molecule has 0 bridgehead atoms. The second kappa shape index (κ2) is 4.07. The Morgan fingerprint density at radius 1 is 1.05 bits per heavy atom. The highest BCUT2D eigenvalue weighted by molar-refractivity contribution is 5.87. The highest BCUT2D eigenvalue weighted by Gasteiger charge is 2.55. The van der Waals surface area contributed by atoms with Gasteiger partial charge in [-0.1, -0.05) is 31.2 Å². The molecule has 0 aliphatic heterocycles. The lowest BCUT2D eigenvalue weighted by atomic mass is 9.52. The molecule has 4 rings (SSSR count). The van der Waals surface area contributed by atoms with Gasteiger partial charge >= 0.3 is 0 Å². The van der Waals surface area contributed by atoms with Crippen LogP contribution in [0, 0.1) is 35.0 Å². The third kappa shape index (κ3) is 1.57. The molecule has 0 saturated heterocycles. The van der Waals surface area contributed by atoms with Crippen LogP contribution in [0.5, 0.6) is 0 Å². The Kier molecular flexibility index (Phi) is 2.56. The van der Waals surface area contributed by atoms with E-state index in [4.69, 9.17) is 0 Å². The first-order chi connectivity index (χ1) is 9.20. The molecule has 1 unspecified atom stereocenters. The van der Waals surface area contributed by atoms with E-state index in [9.17, 15) is 4.79 Å². The molecule has 1 heteroatoms. The van der Waals surface area contributed by atoms with Crippen LogP contribution in [0.4, 0.5) is 0 Å². The molecular formula is C18H24O. The summed E-state index contributed by atoms with van der Waals surface area (Å²) in [6.45, 7) is 2.27. The SMILES string of the molecule is C[C@]12CC[C@H]3[C@@H](CCC4C=CC=C[C@@H]43)[C@@H]1CCC2=O. The second-order valence-electron chi connectivity index (χ2n) is 7.44. The molecule has 1 nitrogen and oxygen atoms in total. The van der Waals surface area contributed by atoms with Crippen molar-refractivity contribution in [2.75, 3.05) is 0 Å². The van der Waals surface area contributed by atoms with E-state index < -0.39 is 0 Å². The molecule has 0 heterocycles. The first kappa shape index (κ1) is 11.9. The molecule has 0 radical (unpaired) electrons. The number of rotatable bonds is 0. The Morgan fingerprint density at radius 2 is 1.89 bits per heavy atom. The van der Waals surface area contributed by atoms with Crippen LogP contribution >= 0.6 is 0 Å². The Labute approximate surface area is 116 Å². The minimum atomic E-state index is 0.0439. The molecule has 102 valence electrons. The Morgan fingerprint density at radius 3 is 2.79 bits per heavy atom. The van der Waals surface area contributed by atoms with Gasteiger partial charge in [-0.2, -0.15) is 0 Å². The van der Waals surface area contributed by atoms with Gasteiger partial charge in [0.05, 0.1) is 0 Å². The minimum Gasteiger partial charge on any atom is -0.299 e. The van der Waals surface area contributed by atoms with Crippen molar-refractivity contribution in [3.8, 4) is 0 Å². The molecule has 0 amide bonds. The van der Waals surface area contributed by atoms with E-state index in [1.165, 1.54) is 25.7 Å². The standard InChI is InChI=1S/C18H24O/c1-18-11-10-14-13-5-3-2-4-12(13)6-7-15(14)16(18)8-9-17(18)19/h2-5,12-16H,6-11H2,1H3/t12?,13-,14+,15+,16-,18-/m0/s1. The minimum absolute atomic E-state index is 0.0439. The predicted octanol–water partition coefficient (Wildman–Crippen LogP) is 4.15. The summed E-state index contributed by atoms with van der Waals surface area (Å²) in [6.07, 6.45) is 16.5. The molecule has 0 spiro atoms. The molecule has 0 N–H and O–H groups in total. The fourth-order valence-electron chi connectivity index (χ4n) is 5.79. The number of hydrogen-bond acceptors (Lipinski definition) is 1. The summed E-state index contributed by atoms with van der Waals surface area (Å²) in [5.41, 5.74) is 0.0439. The zero-order valence-corrected chi connectivity index (χ0v) is 11.8. The largest absolute Gasteiger partial charge is 0.299 e. The number of hydrogen-bond donors (Lipinski definition) is 0. The maximum Gasteiger partial charge on any atom is 0.139 e. The lowest BCUT2D eigenvalue weighted by molar-refractivity contribution is -0.131. The molecule has 0 aromatic carbocycles. The van der Waals surface area contributed by atoms with Gasteiger partial charge in [-0.3, -0.25) is 4.79 Å². The third-order valence-electron chi connectivity index (χ3n) is 6.83. The Balaban J connectivity index is 1.65. The average Bonchev–Trinajstić information content (AvgIpc) is 2.75. The van der Waals surface area contributed by atoms with Gasteiger partial charge in [0.25, 0.3) is 0 Å². The van der Waals surface area contributed by atoms with Crippen LogP contribution in [0.25, 0.3) is 0 Å². The van der Waals surface area contributed by atoms with Gasteiger partial charge in [0, 0.05) is 11.8 Å². The smallest absolute Gasteiger partial charge is 0.139 e. The van der Waals surface area contributed by atoms with Crippen molar-refractivity contribution in [1.29, 1.82) is 0 Å². The molecule has 4 aliphatic carbocycles. The lowest BCUT2D eigenvalue weighted by Crippen LogP contribution is -2.47. The quantitative estimate of drug-likeness (QED) is 0.636. The van der Waals surface area contributed by atoms with Crippen LogP contribution < -0.4 is 0 Å². The van der Waals surface area contributed by atoms with Crippen molar-refractivity contribution < 1.29 is 4.79 Å². The summed E-state index contributed by atoms with van der Waals surface area (Å²) in [6, 6.07) is 0. The van der Waals surface area contributed by atoms with Crippen molar-refractivity contribution in [3.05, 3.63) is 24.3 Å². The summed E-state index contributed by atoms with van der Waals surface area (Å²) in [4.78, 5) is 12.3. The van der Waals surface area contributed by atoms with E-state index in [-0.39, 0.29) is 5.41 Å². The van der Waals surface area contributed by atoms with Crippen molar-refractivity contribution in [1.82, 2.24) is 0 Å². The third-order valence-corrected chi connectivity index (χ3v) is 6.83. The lowest BCUT2D eigenvalue weighted by Gasteiger charge is -2.52. The van der Waals surface area contributed by atoms with Gasteiger partial charge < -0.3 is 0 Å². The second-order valence-corrected chi connectivity index (χ2v) is 7.44. The molecule has 6 atom stereocenters. The fraction of sp³-hybridized carbons (Fsp3) is 0.722. The van der Waals surface area contributed by atoms with E-state index in [1.807, 2.05) is 0 Å². The summed E-state index contributed by atoms with van der Waals surface area (Å²) >= 11 is 0. The maximum absolute atomic E-state index is 12.3. The van der Waals surface area contributed by atoms with Crippen LogP contribution in [0.1, 0.15) is 45.4 Å². The zero-order valence-electron chi connectivity index (χ0n) is 11.8. The van der Waals surface area contributed by atoms with Gasteiger partial charge in [-0.15, -0.1) is 0 Å². The van der Waals surface area contributed by atoms with E-state index in [0.29, 0.717) is 11.7 Å². The highest BCUT2D eigenvalue weighted by Crippen LogP contribution is 2.60. The number of Topliss-reactive ketones (excluding diaryl/α,β-unsaturated/α-hetero) is 1. The van der Waals surface area contributed by atoms with Gasteiger partial charge in [0.15, 0.2) is 0 Å². The van der Waals surface area contributed by atoms with Crippen molar-refractivity contribution in [2.24, 2.45) is 35.0 Å². The maximum atomic E-state index is 12.3. The number of allylic oxidation sites excluding steroid dienone is 4. The van der Waals surface area contributed by atoms with Crippen LogP contribution in [-0.2, 0) is 4.79 Å². The fourth-order valence-corrected chi connectivity index (χ4v) is 5.79. The van der Waals surface area contributed by atoms with Crippen LogP contribution in [0.15, 0.2) is 24.3 Å². The van der Waals surface area contributed by atoms with Gasteiger partial charge in [-0.05, 0) is 61.7 Å². The first-order valence-electron chi connectivity index (χ1n) is 8.08. The van der Waals surface area contributed by atoms with Crippen LogP contribution in [0.3, 0.4) is 0 Å². The molecule has 4 aliphatic rings. The van der Waals surface area contributed by atoms with Gasteiger partial charge in [0.2, 0.25) is 0 Å². The molecule has 19 heavy (non-hydrogen) atoms. The summed E-state index contributed by atoms with van der Waals surface area (Å²) < 4.78 is 0. The molecule has 0 aromatic rings. The normalized spacial score (nSPS) is 51.6. The predicted molar refractivity (Wildman–Crippen MR) is 76.5 cm³/mol. The average molecular weight is 256 g/mol. The Hall–Kier alpha value is -0.850. The van der Waals surface area contributed by atoms with Crippen molar-refractivity contribution >= 4 is 5.78 Å². The first-order valence-corrected chi connectivity index (χ1v) is 8.08. The Bertz CT molecular complexity index is 460. The topological polar surface area (TPSA) is 17.1 Å². The van der Waals surface area contributed by atoms with E-state index >= 15 is 0 Å². The van der Waals surface area contributed by atoms with Crippen molar-refractivity contribution in [2.45, 2.75) is 45.4 Å². The highest BCUT2D eigenvalue weighted by atomic mass is 16.1.